The first-order valence-corrected chi connectivity index (χ1v) is 11.2. The molecule has 3 aromatic rings. The fraction of sp³-hybridized carbons (Fsp3) is 0.211. The van der Waals surface area contributed by atoms with Crippen LogP contribution in [0.15, 0.2) is 43.1 Å². The van der Waals surface area contributed by atoms with Crippen LogP contribution >= 0.6 is 7.82 Å². The van der Waals surface area contributed by atoms with Crippen molar-refractivity contribution in [2.24, 2.45) is 0 Å². The van der Waals surface area contributed by atoms with Crippen molar-refractivity contribution in [3.05, 3.63) is 48.9 Å². The molecule has 0 aliphatic carbocycles. The molecule has 15 heteroatoms. The minimum absolute atomic E-state index is 0.109. The Labute approximate surface area is 190 Å². The van der Waals surface area contributed by atoms with E-state index in [2.05, 4.69) is 31.5 Å². The predicted molar refractivity (Wildman–Crippen MR) is 113 cm³/mol. The highest BCUT2D eigenvalue weighted by Crippen LogP contribution is 2.40. The van der Waals surface area contributed by atoms with Gasteiger partial charge in [0.25, 0.3) is 0 Å². The lowest BCUT2D eigenvalue weighted by atomic mass is 10.1. The Kier molecular flexibility index (Phi) is 6.48. The number of phosphoric ester groups is 1. The summed E-state index contributed by atoms with van der Waals surface area (Å²) in [6, 6.07) is 7.15. The lowest BCUT2D eigenvalue weighted by Crippen LogP contribution is -2.34. The summed E-state index contributed by atoms with van der Waals surface area (Å²) in [4.78, 5) is 36.4. The SMILES string of the molecule is C=Cn1nnc(-c2ccc(-c3ccc(N4C[C@@H](C(CF)OP(=O)(O)O)OC4=O)cc3F)cn2)n1. The molecule has 1 aromatic carbocycles. The van der Waals surface area contributed by atoms with E-state index < -0.39 is 38.6 Å². The maximum Gasteiger partial charge on any atom is 0.470 e. The normalized spacial score (nSPS) is 17.0. The van der Waals surface area contributed by atoms with E-state index in [0.29, 0.717) is 11.3 Å². The number of pyridine rings is 1. The third-order valence-corrected chi connectivity index (χ3v) is 5.38. The van der Waals surface area contributed by atoms with Gasteiger partial charge in [-0.3, -0.25) is 14.4 Å². The lowest BCUT2D eigenvalue weighted by molar-refractivity contribution is 0.0162. The molecule has 3 heterocycles. The molecule has 2 N–H and O–H groups in total. The Morgan fingerprint density at radius 2 is 2.15 bits per heavy atom. The Bertz CT molecular complexity index is 1270. The molecule has 1 unspecified atom stereocenters. The largest absolute Gasteiger partial charge is 0.470 e. The highest BCUT2D eigenvalue weighted by atomic mass is 31.2. The molecule has 0 spiro atoms. The number of aromatic nitrogens is 5. The second-order valence-corrected chi connectivity index (χ2v) is 8.23. The van der Waals surface area contributed by atoms with E-state index in [1.807, 2.05) is 0 Å². The Morgan fingerprint density at radius 1 is 1.35 bits per heavy atom. The number of cyclic esters (lactones) is 1. The van der Waals surface area contributed by atoms with E-state index in [1.165, 1.54) is 29.3 Å². The monoisotopic (exact) mass is 494 g/mol. The quantitative estimate of drug-likeness (QED) is 0.447. The van der Waals surface area contributed by atoms with Gasteiger partial charge in [0.15, 0.2) is 6.10 Å². The van der Waals surface area contributed by atoms with E-state index in [4.69, 9.17) is 14.5 Å². The van der Waals surface area contributed by atoms with Crippen molar-refractivity contribution in [1.82, 2.24) is 25.2 Å². The zero-order chi connectivity index (χ0) is 24.5. The molecular formula is C19H17F2N6O6P. The van der Waals surface area contributed by atoms with Crippen molar-refractivity contribution in [3.63, 3.8) is 0 Å². The van der Waals surface area contributed by atoms with Gasteiger partial charge in [0.05, 0.1) is 12.2 Å². The summed E-state index contributed by atoms with van der Waals surface area (Å²) < 4.78 is 48.4. The van der Waals surface area contributed by atoms with Crippen LogP contribution in [0.25, 0.3) is 28.8 Å². The lowest BCUT2D eigenvalue weighted by Gasteiger charge is -2.19. The highest BCUT2D eigenvalue weighted by molar-refractivity contribution is 7.46. The number of benzene rings is 1. The summed E-state index contributed by atoms with van der Waals surface area (Å²) in [5, 5.41) is 11.6. The summed E-state index contributed by atoms with van der Waals surface area (Å²) in [5.41, 5.74) is 1.16. The van der Waals surface area contributed by atoms with Gasteiger partial charge in [-0.2, -0.15) is 0 Å². The number of nitrogens with zero attached hydrogens (tertiary/aromatic N) is 6. The Morgan fingerprint density at radius 3 is 2.74 bits per heavy atom. The molecule has 1 aliphatic rings. The summed E-state index contributed by atoms with van der Waals surface area (Å²) in [6.07, 6.45) is -1.12. The summed E-state index contributed by atoms with van der Waals surface area (Å²) in [5.74, 6) is -0.411. The summed E-state index contributed by atoms with van der Waals surface area (Å²) in [7, 11) is -5.01. The fourth-order valence-electron chi connectivity index (χ4n) is 3.26. The van der Waals surface area contributed by atoms with Crippen molar-refractivity contribution in [2.75, 3.05) is 18.1 Å². The average molecular weight is 494 g/mol. The van der Waals surface area contributed by atoms with Crippen LogP contribution in [0.3, 0.4) is 0 Å². The Hall–Kier alpha value is -3.58. The molecule has 1 fully saturated rings. The summed E-state index contributed by atoms with van der Waals surface area (Å²) in [6.45, 7) is 1.93. The number of ether oxygens (including phenoxy) is 1. The first-order chi connectivity index (χ1) is 16.2. The molecule has 1 saturated heterocycles. The molecule has 0 bridgehead atoms. The van der Waals surface area contributed by atoms with Gasteiger partial charge in [0.1, 0.15) is 24.3 Å². The van der Waals surface area contributed by atoms with E-state index in [9.17, 15) is 18.1 Å². The van der Waals surface area contributed by atoms with E-state index in [1.54, 1.807) is 12.1 Å². The van der Waals surface area contributed by atoms with Crippen molar-refractivity contribution >= 4 is 25.8 Å². The van der Waals surface area contributed by atoms with Gasteiger partial charge in [-0.1, -0.05) is 12.6 Å². The molecular weight excluding hydrogens is 477 g/mol. The van der Waals surface area contributed by atoms with Gasteiger partial charge < -0.3 is 14.5 Å². The third kappa shape index (κ3) is 4.99. The second kappa shape index (κ2) is 9.35. The zero-order valence-electron chi connectivity index (χ0n) is 17.2. The first kappa shape index (κ1) is 23.6. The van der Waals surface area contributed by atoms with Crippen LogP contribution in [-0.2, 0) is 13.8 Å². The molecule has 12 nitrogen and oxygen atoms in total. The van der Waals surface area contributed by atoms with E-state index >= 15 is 0 Å². The number of carbonyl (C=O) groups is 1. The van der Waals surface area contributed by atoms with Crippen LogP contribution in [0.1, 0.15) is 0 Å². The van der Waals surface area contributed by atoms with Gasteiger partial charge in [0, 0.05) is 23.5 Å². The minimum Gasteiger partial charge on any atom is -0.441 e. The molecule has 0 radical (unpaired) electrons. The average Bonchev–Trinajstić information content (AvgIpc) is 3.44. The molecule has 4 rings (SSSR count). The molecule has 34 heavy (non-hydrogen) atoms. The maximum atomic E-state index is 14.9. The topological polar surface area (TPSA) is 153 Å². The molecule has 0 saturated carbocycles. The van der Waals surface area contributed by atoms with Crippen LogP contribution in [0.5, 0.6) is 0 Å². The minimum atomic E-state index is -5.01. The van der Waals surface area contributed by atoms with Crippen molar-refractivity contribution in [1.29, 1.82) is 0 Å². The number of carbonyl (C=O) groups excluding carboxylic acids is 1. The van der Waals surface area contributed by atoms with E-state index in [0.717, 1.165) is 11.0 Å². The zero-order valence-corrected chi connectivity index (χ0v) is 18.1. The molecule has 2 atom stereocenters. The smallest absolute Gasteiger partial charge is 0.441 e. The van der Waals surface area contributed by atoms with Crippen molar-refractivity contribution in [2.45, 2.75) is 12.2 Å². The molecule has 178 valence electrons. The van der Waals surface area contributed by atoms with Crippen molar-refractivity contribution in [3.8, 4) is 22.6 Å². The van der Waals surface area contributed by atoms with Gasteiger partial charge in [-0.05, 0) is 29.5 Å². The van der Waals surface area contributed by atoms with Crippen LogP contribution in [-0.4, -0.2) is 66.5 Å². The molecule has 1 aliphatic heterocycles. The van der Waals surface area contributed by atoms with E-state index in [-0.39, 0.29) is 23.6 Å². The number of alkyl halides is 1. The standard InChI is InChI=1S/C19H17F2N6O6P/c1-2-27-24-18(23-25-27)15-6-3-11(9-22-15)13-5-4-12(7-14(13)21)26-10-17(32-19(26)28)16(8-20)33-34(29,30)31/h2-7,9,16-17H,1,8,10H2,(H2,29,30,31)/t16?,17-/m0/s1. The van der Waals surface area contributed by atoms with Crippen LogP contribution < -0.4 is 4.90 Å². The van der Waals surface area contributed by atoms with Crippen molar-refractivity contribution < 1.29 is 37.2 Å². The van der Waals surface area contributed by atoms with Crippen LogP contribution in [0.2, 0.25) is 0 Å². The van der Waals surface area contributed by atoms with Gasteiger partial charge in [0.2, 0.25) is 5.82 Å². The molecule has 2 aromatic heterocycles. The number of rotatable bonds is 8. The third-order valence-electron chi connectivity index (χ3n) is 4.83. The maximum absolute atomic E-state index is 14.9. The highest BCUT2D eigenvalue weighted by Gasteiger charge is 2.41. The number of hydrogen-bond acceptors (Lipinski definition) is 8. The molecule has 1 amide bonds. The van der Waals surface area contributed by atoms with Crippen LogP contribution in [0.4, 0.5) is 19.3 Å². The number of phosphoric acid groups is 1. The second-order valence-electron chi connectivity index (χ2n) is 7.03. The Balaban J connectivity index is 1.51. The number of anilines is 1. The number of hydrogen-bond donors (Lipinski definition) is 2. The van der Waals surface area contributed by atoms with Gasteiger partial charge in [-0.25, -0.2) is 18.1 Å². The number of halogens is 2. The first-order valence-electron chi connectivity index (χ1n) is 9.65. The summed E-state index contributed by atoms with van der Waals surface area (Å²) >= 11 is 0. The number of amides is 1. The predicted octanol–water partition coefficient (Wildman–Crippen LogP) is 2.41. The van der Waals surface area contributed by atoms with Gasteiger partial charge in [-0.15, -0.1) is 15.0 Å². The van der Waals surface area contributed by atoms with Crippen LogP contribution in [0, 0.1) is 5.82 Å². The number of tetrazole rings is 1. The fourth-order valence-corrected chi connectivity index (χ4v) is 3.80. The van der Waals surface area contributed by atoms with Gasteiger partial charge >= 0.3 is 13.9 Å².